The van der Waals surface area contributed by atoms with Crippen LogP contribution in [0.5, 0.6) is 0 Å². The van der Waals surface area contributed by atoms with Gasteiger partial charge in [-0.2, -0.15) is 0 Å². The summed E-state index contributed by atoms with van der Waals surface area (Å²) in [5.74, 6) is -2.50. The number of ether oxygens (including phenoxy) is 1. The molecule has 2 aromatic rings. The Labute approximate surface area is 180 Å². The van der Waals surface area contributed by atoms with Crippen LogP contribution in [0.3, 0.4) is 0 Å². The molecular weight excluding hydrogens is 459 g/mol. The predicted octanol–water partition coefficient (Wildman–Crippen LogP) is 3.45. The number of esters is 1. The zero-order chi connectivity index (χ0) is 21.8. The summed E-state index contributed by atoms with van der Waals surface area (Å²) in [6.45, 7) is 1.15. The van der Waals surface area contributed by atoms with E-state index < -0.39 is 36.1 Å². The molecule has 2 aromatic carbocycles. The van der Waals surface area contributed by atoms with Gasteiger partial charge in [-0.15, -0.1) is 0 Å². The predicted molar refractivity (Wildman–Crippen MR) is 109 cm³/mol. The first kappa shape index (κ1) is 21.6. The summed E-state index contributed by atoms with van der Waals surface area (Å²) in [4.78, 5) is 49.4. The van der Waals surface area contributed by atoms with Gasteiger partial charge in [0, 0.05) is 23.1 Å². The number of carbonyl (C=O) groups excluding carboxylic acids is 4. The van der Waals surface area contributed by atoms with Crippen molar-refractivity contribution >= 4 is 45.3 Å². The molecule has 0 radical (unpaired) electrons. The average Bonchev–Trinajstić information content (AvgIpc) is 2.93. The van der Waals surface area contributed by atoms with Crippen molar-refractivity contribution in [3.05, 3.63) is 63.4 Å². The maximum absolute atomic E-state index is 13.5. The van der Waals surface area contributed by atoms with Gasteiger partial charge in [-0.1, -0.05) is 22.0 Å². The maximum atomic E-state index is 13.5. The minimum Gasteiger partial charge on any atom is -0.456 e. The molecule has 156 valence electrons. The fourth-order valence-corrected chi connectivity index (χ4v) is 3.29. The molecule has 0 spiro atoms. The molecule has 0 unspecified atom stereocenters. The third-order valence-electron chi connectivity index (χ3n) is 4.52. The maximum Gasteiger partial charge on any atom is 0.306 e. The number of halogens is 2. The van der Waals surface area contributed by atoms with E-state index in [2.05, 4.69) is 21.2 Å². The second-order valence-electron chi connectivity index (χ2n) is 6.73. The standard InChI is InChI=1S/C21H18BrFN2O5/c1-12-4-6-14(10-17(12)23)24-18(26)11-30-19(27)3-2-8-25-20(28)15-7-5-13(22)9-16(15)21(25)29/h4-7,9-10H,2-3,8,11H2,1H3,(H,24,26). The molecule has 0 aliphatic carbocycles. The van der Waals surface area contributed by atoms with Crippen molar-refractivity contribution in [2.24, 2.45) is 0 Å². The van der Waals surface area contributed by atoms with Crippen molar-refractivity contribution in [3.8, 4) is 0 Å². The van der Waals surface area contributed by atoms with Crippen LogP contribution in [0, 0.1) is 12.7 Å². The quantitative estimate of drug-likeness (QED) is 0.487. The number of amides is 3. The third kappa shape index (κ3) is 4.91. The lowest BCUT2D eigenvalue weighted by molar-refractivity contribution is -0.147. The van der Waals surface area contributed by atoms with Gasteiger partial charge < -0.3 is 10.1 Å². The molecule has 0 saturated carbocycles. The van der Waals surface area contributed by atoms with E-state index in [1.165, 1.54) is 12.1 Å². The molecule has 1 aliphatic heterocycles. The number of nitrogens with one attached hydrogen (secondary N) is 1. The first-order chi connectivity index (χ1) is 14.3. The molecule has 3 rings (SSSR count). The largest absolute Gasteiger partial charge is 0.456 e. The monoisotopic (exact) mass is 476 g/mol. The Morgan fingerprint density at radius 3 is 2.57 bits per heavy atom. The summed E-state index contributed by atoms with van der Waals surface area (Å²) in [6.07, 6.45) is 0.139. The number of imide groups is 1. The third-order valence-corrected chi connectivity index (χ3v) is 5.01. The second-order valence-corrected chi connectivity index (χ2v) is 7.64. The average molecular weight is 477 g/mol. The van der Waals surface area contributed by atoms with E-state index in [0.717, 1.165) is 4.90 Å². The van der Waals surface area contributed by atoms with E-state index in [9.17, 15) is 23.6 Å². The van der Waals surface area contributed by atoms with Crippen molar-refractivity contribution in [2.75, 3.05) is 18.5 Å². The molecule has 0 aromatic heterocycles. The highest BCUT2D eigenvalue weighted by Gasteiger charge is 2.35. The van der Waals surface area contributed by atoms with Gasteiger partial charge in [-0.05, 0) is 49.2 Å². The van der Waals surface area contributed by atoms with E-state index in [4.69, 9.17) is 4.74 Å². The summed E-state index contributed by atoms with van der Waals surface area (Å²) in [5, 5.41) is 2.43. The van der Waals surface area contributed by atoms with Crippen LogP contribution in [0.15, 0.2) is 40.9 Å². The van der Waals surface area contributed by atoms with Crippen molar-refractivity contribution < 1.29 is 28.3 Å². The zero-order valence-corrected chi connectivity index (χ0v) is 17.6. The van der Waals surface area contributed by atoms with Gasteiger partial charge >= 0.3 is 5.97 Å². The highest BCUT2D eigenvalue weighted by atomic mass is 79.9. The van der Waals surface area contributed by atoms with E-state index in [1.807, 2.05) is 0 Å². The first-order valence-electron chi connectivity index (χ1n) is 9.13. The normalized spacial score (nSPS) is 12.7. The zero-order valence-electron chi connectivity index (χ0n) is 16.0. The molecule has 0 bridgehead atoms. The van der Waals surface area contributed by atoms with Gasteiger partial charge in [-0.25, -0.2) is 4.39 Å². The molecule has 0 atom stereocenters. The van der Waals surface area contributed by atoms with Crippen molar-refractivity contribution in [1.82, 2.24) is 4.90 Å². The van der Waals surface area contributed by atoms with E-state index in [1.54, 1.807) is 31.2 Å². The number of anilines is 1. The Kier molecular flexibility index (Phi) is 6.61. The SMILES string of the molecule is Cc1ccc(NC(=O)COC(=O)CCCN2C(=O)c3ccc(Br)cc3C2=O)cc1F. The number of hydrogen-bond donors (Lipinski definition) is 1. The Morgan fingerprint density at radius 2 is 1.83 bits per heavy atom. The van der Waals surface area contributed by atoms with Gasteiger partial charge in [0.15, 0.2) is 6.61 Å². The first-order valence-corrected chi connectivity index (χ1v) is 9.93. The summed E-state index contributed by atoms with van der Waals surface area (Å²) in [7, 11) is 0. The Balaban J connectivity index is 1.42. The Morgan fingerprint density at radius 1 is 1.10 bits per heavy atom. The van der Waals surface area contributed by atoms with Crippen LogP contribution in [0.4, 0.5) is 10.1 Å². The molecule has 1 heterocycles. The van der Waals surface area contributed by atoms with Crippen LogP contribution >= 0.6 is 15.9 Å². The minimum absolute atomic E-state index is 0.0634. The second kappa shape index (κ2) is 9.17. The molecule has 3 amide bonds. The van der Waals surface area contributed by atoms with E-state index in [0.29, 0.717) is 21.2 Å². The fraction of sp³-hybridized carbons (Fsp3) is 0.238. The number of nitrogens with zero attached hydrogens (tertiary/aromatic N) is 1. The topological polar surface area (TPSA) is 92.8 Å². The lowest BCUT2D eigenvalue weighted by Gasteiger charge is -2.13. The highest BCUT2D eigenvalue weighted by molar-refractivity contribution is 9.10. The summed E-state index contributed by atoms with van der Waals surface area (Å²) in [5.41, 5.74) is 1.36. The Hall–Kier alpha value is -3.07. The van der Waals surface area contributed by atoms with Crippen LogP contribution in [0.2, 0.25) is 0 Å². The molecular formula is C21H18BrFN2O5. The van der Waals surface area contributed by atoms with Crippen LogP contribution in [-0.4, -0.2) is 41.7 Å². The number of carbonyl (C=O) groups is 4. The summed E-state index contributed by atoms with van der Waals surface area (Å²) >= 11 is 3.27. The molecule has 7 nitrogen and oxygen atoms in total. The van der Waals surface area contributed by atoms with Gasteiger partial charge in [-0.3, -0.25) is 24.1 Å². The lowest BCUT2D eigenvalue weighted by atomic mass is 10.1. The molecule has 1 aliphatic rings. The molecule has 30 heavy (non-hydrogen) atoms. The number of benzene rings is 2. The number of hydrogen-bond acceptors (Lipinski definition) is 5. The number of fused-ring (bicyclic) bond motifs is 1. The van der Waals surface area contributed by atoms with Gasteiger partial charge in [0.25, 0.3) is 17.7 Å². The van der Waals surface area contributed by atoms with Gasteiger partial charge in [0.2, 0.25) is 0 Å². The summed E-state index contributed by atoms with van der Waals surface area (Å²) < 4.78 is 19.1. The van der Waals surface area contributed by atoms with Crippen LogP contribution in [-0.2, 0) is 14.3 Å². The highest BCUT2D eigenvalue weighted by Crippen LogP contribution is 2.26. The van der Waals surface area contributed by atoms with Crippen LogP contribution < -0.4 is 5.32 Å². The fourth-order valence-electron chi connectivity index (χ4n) is 2.93. The minimum atomic E-state index is -0.639. The van der Waals surface area contributed by atoms with Crippen LogP contribution in [0.1, 0.15) is 39.1 Å². The summed E-state index contributed by atoms with van der Waals surface area (Å²) in [6, 6.07) is 9.08. The number of aryl methyl sites for hydroxylation is 1. The van der Waals surface area contributed by atoms with Gasteiger partial charge in [0.05, 0.1) is 11.1 Å². The number of rotatable bonds is 7. The lowest BCUT2D eigenvalue weighted by Crippen LogP contribution is -2.31. The molecule has 0 fully saturated rings. The van der Waals surface area contributed by atoms with Crippen molar-refractivity contribution in [1.29, 1.82) is 0 Å². The molecule has 0 saturated heterocycles. The molecule has 9 heteroatoms. The van der Waals surface area contributed by atoms with E-state index in [-0.39, 0.29) is 25.1 Å². The van der Waals surface area contributed by atoms with Crippen LogP contribution in [0.25, 0.3) is 0 Å². The van der Waals surface area contributed by atoms with Gasteiger partial charge in [0.1, 0.15) is 5.82 Å². The van der Waals surface area contributed by atoms with Crippen molar-refractivity contribution in [2.45, 2.75) is 19.8 Å². The van der Waals surface area contributed by atoms with Crippen molar-refractivity contribution in [3.63, 3.8) is 0 Å². The smallest absolute Gasteiger partial charge is 0.306 e. The van der Waals surface area contributed by atoms with E-state index >= 15 is 0 Å². The molecule has 1 N–H and O–H groups in total. The Bertz CT molecular complexity index is 1040.